The van der Waals surface area contributed by atoms with E-state index in [0.717, 1.165) is 5.02 Å². The van der Waals surface area contributed by atoms with E-state index >= 15 is 0 Å². The molecule has 0 heterocycles. The summed E-state index contributed by atoms with van der Waals surface area (Å²) >= 11 is 6.26. The zero-order valence-corrected chi connectivity index (χ0v) is 12.0. The molecule has 0 aliphatic rings. The van der Waals surface area contributed by atoms with E-state index in [1.54, 1.807) is 0 Å². The molecule has 1 atom stereocenters. The van der Waals surface area contributed by atoms with Crippen LogP contribution in [-0.4, -0.2) is 0 Å². The molecule has 0 N–H and O–H groups in total. The van der Waals surface area contributed by atoms with Crippen LogP contribution in [0.15, 0.2) is 36.4 Å². The Morgan fingerprint density at radius 1 is 1.00 bits per heavy atom. The first-order chi connectivity index (χ1) is 8.74. The molecule has 0 saturated carbocycles. The van der Waals surface area contributed by atoms with E-state index in [0.29, 0.717) is 5.92 Å². The van der Waals surface area contributed by atoms with Crippen molar-refractivity contribution in [2.24, 2.45) is 0 Å². The van der Waals surface area contributed by atoms with E-state index in [1.165, 1.54) is 42.0 Å². The Bertz CT molecular complexity index is 516. The van der Waals surface area contributed by atoms with Gasteiger partial charge in [0.1, 0.15) is 0 Å². The Balaban J connectivity index is 2.30. The minimum atomic E-state index is 0.610. The second-order valence-electron chi connectivity index (χ2n) is 5.08. The summed E-state index contributed by atoms with van der Waals surface area (Å²) in [5.74, 6) is 0.610. The van der Waals surface area contributed by atoms with Gasteiger partial charge in [0.25, 0.3) is 0 Å². The minimum Gasteiger partial charge on any atom is -0.0837 e. The molecule has 0 saturated heterocycles. The first kappa shape index (κ1) is 13.4. The van der Waals surface area contributed by atoms with Gasteiger partial charge < -0.3 is 0 Å². The van der Waals surface area contributed by atoms with Crippen LogP contribution in [0.25, 0.3) is 10.8 Å². The number of fused-ring (bicyclic) bond motifs is 1. The molecule has 1 heteroatoms. The molecular formula is C17H21Cl. The SMILES string of the molecule is CCCCCC(C)c1cccc2c(Cl)cccc12. The second kappa shape index (κ2) is 6.24. The maximum atomic E-state index is 6.26. The lowest BCUT2D eigenvalue weighted by molar-refractivity contribution is 0.600. The minimum absolute atomic E-state index is 0.610. The normalized spacial score (nSPS) is 12.8. The van der Waals surface area contributed by atoms with E-state index in [-0.39, 0.29) is 0 Å². The summed E-state index contributed by atoms with van der Waals surface area (Å²) < 4.78 is 0. The summed E-state index contributed by atoms with van der Waals surface area (Å²) in [4.78, 5) is 0. The van der Waals surface area contributed by atoms with Crippen LogP contribution < -0.4 is 0 Å². The molecule has 2 rings (SSSR count). The molecule has 0 radical (unpaired) electrons. The molecule has 0 aliphatic heterocycles. The molecule has 18 heavy (non-hydrogen) atoms. The van der Waals surface area contributed by atoms with Gasteiger partial charge in [0.2, 0.25) is 0 Å². The molecule has 0 fully saturated rings. The summed E-state index contributed by atoms with van der Waals surface area (Å²) in [7, 11) is 0. The van der Waals surface area contributed by atoms with Crippen LogP contribution in [0.4, 0.5) is 0 Å². The van der Waals surface area contributed by atoms with Crippen LogP contribution in [0.1, 0.15) is 51.0 Å². The van der Waals surface area contributed by atoms with E-state index in [2.05, 4.69) is 38.1 Å². The summed E-state index contributed by atoms with van der Waals surface area (Å²) in [6.45, 7) is 4.58. The van der Waals surface area contributed by atoms with Crippen LogP contribution in [0.5, 0.6) is 0 Å². The fourth-order valence-corrected chi connectivity index (χ4v) is 2.82. The third kappa shape index (κ3) is 2.87. The second-order valence-corrected chi connectivity index (χ2v) is 5.49. The van der Waals surface area contributed by atoms with Crippen LogP contribution in [0, 0.1) is 0 Å². The predicted octanol–water partition coefficient (Wildman–Crippen LogP) is 6.18. The molecular weight excluding hydrogens is 240 g/mol. The van der Waals surface area contributed by atoms with E-state index in [1.807, 2.05) is 12.1 Å². The van der Waals surface area contributed by atoms with Crippen LogP contribution in [0.3, 0.4) is 0 Å². The van der Waals surface area contributed by atoms with E-state index in [9.17, 15) is 0 Å². The van der Waals surface area contributed by atoms with Crippen molar-refractivity contribution < 1.29 is 0 Å². The predicted molar refractivity (Wildman–Crippen MR) is 81.5 cm³/mol. The molecule has 96 valence electrons. The highest BCUT2D eigenvalue weighted by molar-refractivity contribution is 6.35. The lowest BCUT2D eigenvalue weighted by atomic mass is 9.91. The van der Waals surface area contributed by atoms with Crippen molar-refractivity contribution in [3.8, 4) is 0 Å². The van der Waals surface area contributed by atoms with Crippen molar-refractivity contribution in [3.05, 3.63) is 47.0 Å². The highest BCUT2D eigenvalue weighted by atomic mass is 35.5. The topological polar surface area (TPSA) is 0 Å². The molecule has 1 unspecified atom stereocenters. The zero-order valence-electron chi connectivity index (χ0n) is 11.2. The largest absolute Gasteiger partial charge is 0.0837 e. The number of benzene rings is 2. The first-order valence-corrected chi connectivity index (χ1v) is 7.29. The first-order valence-electron chi connectivity index (χ1n) is 6.91. The van der Waals surface area contributed by atoms with Crippen molar-refractivity contribution >= 4 is 22.4 Å². The Morgan fingerprint density at radius 2 is 1.72 bits per heavy atom. The average molecular weight is 261 g/mol. The number of unbranched alkanes of at least 4 members (excludes halogenated alkanes) is 2. The van der Waals surface area contributed by atoms with Crippen LogP contribution in [0.2, 0.25) is 5.02 Å². The van der Waals surface area contributed by atoms with Gasteiger partial charge in [-0.25, -0.2) is 0 Å². The summed E-state index contributed by atoms with van der Waals surface area (Å²) in [6, 6.07) is 12.7. The third-order valence-corrected chi connectivity index (χ3v) is 4.00. The molecule has 0 nitrogen and oxygen atoms in total. The molecule has 0 aliphatic carbocycles. The highest BCUT2D eigenvalue weighted by Gasteiger charge is 2.10. The Labute approximate surface area is 115 Å². The van der Waals surface area contributed by atoms with Crippen molar-refractivity contribution in [1.29, 1.82) is 0 Å². The smallest absolute Gasteiger partial charge is 0.0484 e. The van der Waals surface area contributed by atoms with Gasteiger partial charge in [-0.15, -0.1) is 0 Å². The quantitative estimate of drug-likeness (QED) is 0.563. The van der Waals surface area contributed by atoms with Gasteiger partial charge in [-0.3, -0.25) is 0 Å². The van der Waals surface area contributed by atoms with Crippen molar-refractivity contribution in [1.82, 2.24) is 0 Å². The zero-order chi connectivity index (χ0) is 13.0. The Hall–Kier alpha value is -1.01. The van der Waals surface area contributed by atoms with Crippen LogP contribution >= 0.6 is 11.6 Å². The maximum Gasteiger partial charge on any atom is 0.0484 e. The maximum absolute atomic E-state index is 6.26. The van der Waals surface area contributed by atoms with E-state index < -0.39 is 0 Å². The standard InChI is InChI=1S/C17H21Cl/c1-3-4-5-8-13(2)14-9-6-11-16-15(14)10-7-12-17(16)18/h6-7,9-13H,3-5,8H2,1-2H3. The monoisotopic (exact) mass is 260 g/mol. The molecule has 2 aromatic rings. The molecule has 0 aromatic heterocycles. The number of hydrogen-bond donors (Lipinski definition) is 0. The summed E-state index contributed by atoms with van der Waals surface area (Å²) in [5, 5.41) is 3.35. The molecule has 0 spiro atoms. The van der Waals surface area contributed by atoms with Gasteiger partial charge in [-0.1, -0.05) is 75.0 Å². The number of hydrogen-bond acceptors (Lipinski definition) is 0. The summed E-state index contributed by atoms with van der Waals surface area (Å²) in [6.07, 6.45) is 5.19. The summed E-state index contributed by atoms with van der Waals surface area (Å²) in [5.41, 5.74) is 1.44. The van der Waals surface area contributed by atoms with Gasteiger partial charge in [0.05, 0.1) is 0 Å². The molecule has 2 aromatic carbocycles. The van der Waals surface area contributed by atoms with Crippen molar-refractivity contribution in [2.75, 3.05) is 0 Å². The number of rotatable bonds is 5. The van der Waals surface area contributed by atoms with Crippen molar-refractivity contribution in [2.45, 2.75) is 45.4 Å². The van der Waals surface area contributed by atoms with Gasteiger partial charge in [0.15, 0.2) is 0 Å². The number of halogens is 1. The average Bonchev–Trinajstić information content (AvgIpc) is 2.39. The third-order valence-electron chi connectivity index (χ3n) is 3.67. The Morgan fingerprint density at radius 3 is 2.50 bits per heavy atom. The van der Waals surface area contributed by atoms with Gasteiger partial charge in [0, 0.05) is 10.4 Å². The Kier molecular flexibility index (Phi) is 4.66. The fraction of sp³-hybridized carbons (Fsp3) is 0.412. The van der Waals surface area contributed by atoms with Gasteiger partial charge in [-0.05, 0) is 29.4 Å². The van der Waals surface area contributed by atoms with Gasteiger partial charge in [-0.2, -0.15) is 0 Å². The van der Waals surface area contributed by atoms with Gasteiger partial charge >= 0.3 is 0 Å². The lowest BCUT2D eigenvalue weighted by Gasteiger charge is -2.15. The molecule has 0 bridgehead atoms. The molecule has 0 amide bonds. The lowest BCUT2D eigenvalue weighted by Crippen LogP contribution is -1.95. The highest BCUT2D eigenvalue weighted by Crippen LogP contribution is 2.32. The fourth-order valence-electron chi connectivity index (χ4n) is 2.58. The van der Waals surface area contributed by atoms with E-state index in [4.69, 9.17) is 11.6 Å². The van der Waals surface area contributed by atoms with Crippen LogP contribution in [-0.2, 0) is 0 Å². The van der Waals surface area contributed by atoms with Crippen molar-refractivity contribution in [3.63, 3.8) is 0 Å².